The first-order valence-electron chi connectivity index (χ1n) is 10.7. The van der Waals surface area contributed by atoms with E-state index in [2.05, 4.69) is 32.4 Å². The number of nitrogens with one attached hydrogen (secondary N) is 1. The summed E-state index contributed by atoms with van der Waals surface area (Å²) in [5, 5.41) is 25.0. The second-order valence-electron chi connectivity index (χ2n) is 9.28. The molecule has 0 spiro atoms. The monoisotopic (exact) mass is 454 g/mol. The largest absolute Gasteiger partial charge is 0.390 e. The average Bonchev–Trinajstić information content (AvgIpc) is 3.62. The molecule has 0 aliphatic heterocycles. The zero-order valence-electron chi connectivity index (χ0n) is 17.1. The van der Waals surface area contributed by atoms with Gasteiger partial charge in [0.05, 0.1) is 18.5 Å². The van der Waals surface area contributed by atoms with Crippen molar-refractivity contribution >= 4 is 34.5 Å². The van der Waals surface area contributed by atoms with Crippen molar-refractivity contribution in [3.63, 3.8) is 0 Å². The summed E-state index contributed by atoms with van der Waals surface area (Å²) in [7, 11) is 0. The molecule has 1 amide bonds. The number of nitrogens with two attached hydrogens (primary N) is 1. The number of imidazole rings is 1. The quantitative estimate of drug-likeness (QED) is 0.415. The summed E-state index contributed by atoms with van der Waals surface area (Å²) in [4.78, 5) is 24.8. The highest BCUT2D eigenvalue weighted by atomic mass is 35.5. The zero-order valence-corrected chi connectivity index (χ0v) is 17.9. The number of rotatable bonds is 6. The first-order chi connectivity index (χ1) is 15.4. The molecule has 0 saturated heterocycles. The summed E-state index contributed by atoms with van der Waals surface area (Å²) >= 11 is 6.25. The van der Waals surface area contributed by atoms with E-state index in [0.717, 1.165) is 6.42 Å². The summed E-state index contributed by atoms with van der Waals surface area (Å²) < 4.78 is 1.75. The molecular weight excluding hydrogens is 432 g/mol. The second-order valence-corrected chi connectivity index (χ2v) is 9.62. The van der Waals surface area contributed by atoms with Crippen molar-refractivity contribution in [2.45, 2.75) is 49.5 Å². The highest BCUT2D eigenvalue weighted by Crippen LogP contribution is 2.69. The third kappa shape index (κ3) is 2.92. The average molecular weight is 455 g/mol. The SMILES string of the molecule is NC(=O)C[C@@]12C[C@@H]1[C@@H](n1cnc3c(N[C@@H]4C[C@H]4c4ccccc4)nc(Cl)nc31)[C@H](O)[C@@H]2O. The van der Waals surface area contributed by atoms with Gasteiger partial charge in [0.2, 0.25) is 11.2 Å². The van der Waals surface area contributed by atoms with Crippen LogP contribution in [0, 0.1) is 11.3 Å². The minimum absolute atomic E-state index is 0.0458. The number of carbonyl (C=O) groups excluding carboxylic acids is 1. The lowest BCUT2D eigenvalue weighted by molar-refractivity contribution is -0.120. The Kier molecular flexibility index (Phi) is 4.27. The van der Waals surface area contributed by atoms with E-state index in [1.54, 1.807) is 10.9 Å². The van der Waals surface area contributed by atoms with Crippen LogP contribution in [0.15, 0.2) is 36.7 Å². The number of hydrogen-bond acceptors (Lipinski definition) is 7. The van der Waals surface area contributed by atoms with Crippen molar-refractivity contribution in [2.24, 2.45) is 17.1 Å². The standard InChI is InChI=1S/C22H23ClN6O3/c23-21-27-19(26-13-6-11(13)10-4-2-1-3-5-10)15-20(28-21)29(9-25-15)16-12-7-22(12,8-14(24)30)18(32)17(16)31/h1-5,9,11-13,16-18,31-32H,6-8H2,(H2,24,30)(H,26,27,28)/t11-,12+,13+,16+,17-,18-,22-/m0/s1. The number of aromatic nitrogens is 4. The summed E-state index contributed by atoms with van der Waals surface area (Å²) in [6, 6.07) is 10.1. The molecule has 6 rings (SSSR count). The molecule has 3 saturated carbocycles. The molecule has 3 fully saturated rings. The number of carbonyl (C=O) groups is 1. The lowest BCUT2D eigenvalue weighted by Crippen LogP contribution is -2.35. The van der Waals surface area contributed by atoms with E-state index in [1.165, 1.54) is 5.56 Å². The Hall–Kier alpha value is -2.75. The number of anilines is 1. The van der Waals surface area contributed by atoms with Crippen LogP contribution in [-0.2, 0) is 4.79 Å². The molecule has 3 aliphatic carbocycles. The van der Waals surface area contributed by atoms with Crippen LogP contribution < -0.4 is 11.1 Å². The first kappa shape index (κ1) is 19.9. The molecular formula is C22H23ClN6O3. The van der Waals surface area contributed by atoms with Crippen molar-refractivity contribution in [3.8, 4) is 0 Å². The summed E-state index contributed by atoms with van der Waals surface area (Å²) in [6.45, 7) is 0. The van der Waals surface area contributed by atoms with Gasteiger partial charge in [0.1, 0.15) is 6.10 Å². The Balaban J connectivity index is 1.31. The van der Waals surface area contributed by atoms with Crippen LogP contribution in [0.3, 0.4) is 0 Å². The molecule has 5 N–H and O–H groups in total. The lowest BCUT2D eigenvalue weighted by atomic mass is 9.95. The molecule has 3 aliphatic rings. The molecule has 166 valence electrons. The van der Waals surface area contributed by atoms with Crippen LogP contribution in [0.1, 0.15) is 36.8 Å². The van der Waals surface area contributed by atoms with Gasteiger partial charge in [0.25, 0.3) is 0 Å². The fraction of sp³-hybridized carbons (Fsp3) is 0.455. The Morgan fingerprint density at radius 1 is 1.28 bits per heavy atom. The van der Waals surface area contributed by atoms with Gasteiger partial charge in [0, 0.05) is 23.8 Å². The van der Waals surface area contributed by atoms with Gasteiger partial charge in [-0.25, -0.2) is 4.98 Å². The van der Waals surface area contributed by atoms with Gasteiger partial charge < -0.3 is 25.8 Å². The second kappa shape index (κ2) is 6.87. The van der Waals surface area contributed by atoms with E-state index >= 15 is 0 Å². The van der Waals surface area contributed by atoms with Crippen molar-refractivity contribution in [1.82, 2.24) is 19.5 Å². The van der Waals surface area contributed by atoms with Gasteiger partial charge in [-0.2, -0.15) is 9.97 Å². The van der Waals surface area contributed by atoms with Crippen LogP contribution in [0.25, 0.3) is 11.2 Å². The van der Waals surface area contributed by atoms with Gasteiger partial charge >= 0.3 is 0 Å². The summed E-state index contributed by atoms with van der Waals surface area (Å²) in [5.74, 6) is 0.377. The Morgan fingerprint density at radius 2 is 2.06 bits per heavy atom. The zero-order chi connectivity index (χ0) is 22.2. The number of halogens is 1. The summed E-state index contributed by atoms with van der Waals surface area (Å²) in [5.41, 5.74) is 7.03. The van der Waals surface area contributed by atoms with E-state index in [9.17, 15) is 15.0 Å². The molecule has 7 atom stereocenters. The van der Waals surface area contributed by atoms with Crippen LogP contribution >= 0.6 is 11.6 Å². The number of benzene rings is 1. The fourth-order valence-electron chi connectivity index (χ4n) is 5.71. The number of primary amides is 1. The molecule has 3 aromatic rings. The van der Waals surface area contributed by atoms with Crippen LogP contribution in [0.5, 0.6) is 0 Å². The Morgan fingerprint density at radius 3 is 2.81 bits per heavy atom. The Labute approximate surface area is 188 Å². The van der Waals surface area contributed by atoms with Crippen molar-refractivity contribution in [2.75, 3.05) is 5.32 Å². The molecule has 2 aromatic heterocycles. The number of aliphatic hydroxyl groups is 2. The molecule has 10 heteroatoms. The third-order valence-electron chi connectivity index (χ3n) is 7.41. The van der Waals surface area contributed by atoms with Gasteiger partial charge in [0.15, 0.2) is 17.0 Å². The van der Waals surface area contributed by atoms with Crippen LogP contribution in [-0.4, -0.2) is 53.9 Å². The fourth-order valence-corrected chi connectivity index (χ4v) is 5.88. The third-order valence-corrected chi connectivity index (χ3v) is 7.58. The highest BCUT2D eigenvalue weighted by Gasteiger charge is 2.71. The van der Waals surface area contributed by atoms with Crippen LogP contribution in [0.4, 0.5) is 5.82 Å². The predicted octanol–water partition coefficient (Wildman–Crippen LogP) is 1.61. The number of amides is 1. The predicted molar refractivity (Wildman–Crippen MR) is 117 cm³/mol. The number of fused-ring (bicyclic) bond motifs is 2. The molecule has 1 aromatic carbocycles. The molecule has 0 unspecified atom stereocenters. The molecule has 32 heavy (non-hydrogen) atoms. The van der Waals surface area contributed by atoms with E-state index in [4.69, 9.17) is 17.3 Å². The van der Waals surface area contributed by atoms with Crippen molar-refractivity contribution in [1.29, 1.82) is 0 Å². The van der Waals surface area contributed by atoms with Gasteiger partial charge in [-0.15, -0.1) is 0 Å². The lowest BCUT2D eigenvalue weighted by Gasteiger charge is -2.23. The van der Waals surface area contributed by atoms with Crippen molar-refractivity contribution < 1.29 is 15.0 Å². The highest BCUT2D eigenvalue weighted by molar-refractivity contribution is 6.28. The van der Waals surface area contributed by atoms with Gasteiger partial charge in [-0.3, -0.25) is 4.79 Å². The Bertz CT molecular complexity index is 1220. The van der Waals surface area contributed by atoms with Crippen LogP contribution in [0.2, 0.25) is 5.28 Å². The number of aliphatic hydroxyl groups excluding tert-OH is 2. The maximum atomic E-state index is 11.5. The number of nitrogens with zero attached hydrogens (tertiary/aromatic N) is 4. The maximum Gasteiger partial charge on any atom is 0.226 e. The molecule has 9 nitrogen and oxygen atoms in total. The minimum Gasteiger partial charge on any atom is -0.390 e. The van der Waals surface area contributed by atoms with Gasteiger partial charge in [-0.1, -0.05) is 30.3 Å². The first-order valence-corrected chi connectivity index (χ1v) is 11.1. The molecule has 2 heterocycles. The topological polar surface area (TPSA) is 139 Å². The summed E-state index contributed by atoms with van der Waals surface area (Å²) in [6.07, 6.45) is 1.16. The normalized spacial score (nSPS) is 35.0. The van der Waals surface area contributed by atoms with E-state index in [1.807, 2.05) is 18.2 Å². The maximum absolute atomic E-state index is 11.5. The van der Waals surface area contributed by atoms with E-state index < -0.39 is 29.6 Å². The van der Waals surface area contributed by atoms with E-state index in [0.29, 0.717) is 29.3 Å². The minimum atomic E-state index is -1.05. The van der Waals surface area contributed by atoms with Gasteiger partial charge in [-0.05, 0) is 35.9 Å². The molecule has 0 bridgehead atoms. The smallest absolute Gasteiger partial charge is 0.226 e. The molecule has 0 radical (unpaired) electrons. The number of hydrogen-bond donors (Lipinski definition) is 4. The van der Waals surface area contributed by atoms with E-state index in [-0.39, 0.29) is 23.7 Å². The van der Waals surface area contributed by atoms with Crippen molar-refractivity contribution in [3.05, 3.63) is 47.5 Å².